The van der Waals surface area contributed by atoms with Gasteiger partial charge in [0, 0.05) is 80.5 Å². The van der Waals surface area contributed by atoms with Gasteiger partial charge in [-0.05, 0) is 30.4 Å². The Morgan fingerprint density at radius 1 is 0.446 bits per heavy atom. The maximum atomic E-state index is 14.8. The number of rotatable bonds is 48. The first-order valence-corrected chi connectivity index (χ1v) is 34.7. The minimum Gasteiger partial charge on any atom is -0.481 e. The molecule has 0 radical (unpaired) electrons. The molecular formula is C66H90N26O20. The summed E-state index contributed by atoms with van der Waals surface area (Å²) in [4.78, 5) is 249. The van der Waals surface area contributed by atoms with Crippen LogP contribution in [0.15, 0.2) is 80.6 Å². The number of hydrogen-bond donors (Lipinski definition) is 26. The minimum atomic E-state index is -2.19. The third-order valence-electron chi connectivity index (χ3n) is 17.2. The lowest BCUT2D eigenvalue weighted by molar-refractivity contribution is -0.143. The van der Waals surface area contributed by atoms with E-state index in [1.54, 1.807) is 31.2 Å². The van der Waals surface area contributed by atoms with E-state index >= 15 is 0 Å². The van der Waals surface area contributed by atoms with E-state index in [2.05, 4.69) is 109 Å². The summed E-state index contributed by atoms with van der Waals surface area (Å²) in [7, 11) is 0. The van der Waals surface area contributed by atoms with Crippen molar-refractivity contribution in [1.82, 2.24) is 109 Å². The van der Waals surface area contributed by atoms with Crippen molar-refractivity contribution in [3.63, 3.8) is 0 Å². The third kappa shape index (κ3) is 27.8. The average molecular weight is 1570 g/mol. The number of fused-ring (bicyclic) bond motifs is 1. The summed E-state index contributed by atoms with van der Waals surface area (Å²) in [5, 5.41) is 76.5. The fourth-order valence-electron chi connectivity index (χ4n) is 11.2. The maximum absolute atomic E-state index is 14.8. The molecule has 5 heterocycles. The second kappa shape index (κ2) is 42.7. The molecule has 46 nitrogen and oxygen atoms in total. The number of para-hydroxylation sites is 1. The highest BCUT2D eigenvalue weighted by Gasteiger charge is 2.40. The van der Waals surface area contributed by atoms with E-state index in [4.69, 9.17) is 28.3 Å². The Hall–Kier alpha value is -13.7. The van der Waals surface area contributed by atoms with Gasteiger partial charge in [-0.15, -0.1) is 0 Å². The molecular weight excluding hydrogens is 1480 g/mol. The number of guanidine groups is 1. The van der Waals surface area contributed by atoms with Crippen molar-refractivity contribution in [2.75, 3.05) is 13.2 Å². The van der Waals surface area contributed by atoms with E-state index in [0.717, 1.165) is 6.33 Å². The number of aromatic nitrogens is 9. The summed E-state index contributed by atoms with van der Waals surface area (Å²) in [6, 6.07) is -15.1. The van der Waals surface area contributed by atoms with Crippen LogP contribution in [0.3, 0.4) is 0 Å². The Morgan fingerprint density at radius 3 is 1.20 bits per heavy atom. The number of amides is 13. The highest BCUT2D eigenvalue weighted by molar-refractivity contribution is 6.02. The first-order chi connectivity index (χ1) is 53.2. The molecule has 604 valence electrons. The number of H-pyrrole nitrogens is 5. The number of nitrogens with zero attached hydrogens (tertiary/aromatic N) is 4. The normalized spacial score (nSPS) is 14.6. The van der Waals surface area contributed by atoms with Gasteiger partial charge >= 0.3 is 17.9 Å². The molecule has 13 atom stereocenters. The molecule has 6 aromatic rings. The number of hydrogen-bond acceptors (Lipinski definition) is 23. The van der Waals surface area contributed by atoms with Crippen LogP contribution in [0.4, 0.5) is 0 Å². The number of benzene rings is 1. The number of primary amides is 2. The van der Waals surface area contributed by atoms with Crippen molar-refractivity contribution in [2.24, 2.45) is 28.9 Å². The number of imidazole rings is 4. The van der Waals surface area contributed by atoms with E-state index in [9.17, 15) is 97.1 Å². The van der Waals surface area contributed by atoms with Crippen LogP contribution in [0.5, 0.6) is 0 Å². The molecule has 13 amide bonds. The Bertz CT molecular complexity index is 4270. The topological polar surface area (TPSA) is 757 Å². The van der Waals surface area contributed by atoms with Crippen molar-refractivity contribution in [3.05, 3.63) is 109 Å². The van der Waals surface area contributed by atoms with Gasteiger partial charge in [0.2, 0.25) is 76.8 Å². The van der Waals surface area contributed by atoms with Crippen LogP contribution in [-0.2, 0) is 109 Å². The zero-order valence-corrected chi connectivity index (χ0v) is 60.3. The molecule has 0 saturated heterocycles. The number of nitrogens with one attached hydrogen (secondary N) is 18. The quantitative estimate of drug-likeness (QED) is 0.00958. The number of carboxylic acid groups (broad SMARTS) is 3. The molecule has 0 aliphatic carbocycles. The van der Waals surface area contributed by atoms with Crippen molar-refractivity contribution in [1.29, 1.82) is 5.41 Å². The highest BCUT2D eigenvalue weighted by Crippen LogP contribution is 2.20. The van der Waals surface area contributed by atoms with Gasteiger partial charge < -0.3 is 132 Å². The number of aliphatic carboxylic acids is 3. The van der Waals surface area contributed by atoms with Gasteiger partial charge in [-0.2, -0.15) is 0 Å². The zero-order valence-electron chi connectivity index (χ0n) is 60.3. The number of nitrogens with two attached hydrogens (primary N) is 4. The molecule has 0 bridgehead atoms. The Morgan fingerprint density at radius 2 is 0.804 bits per heavy atom. The number of carboxylic acids is 3. The van der Waals surface area contributed by atoms with Crippen LogP contribution < -0.4 is 86.7 Å². The van der Waals surface area contributed by atoms with Crippen LogP contribution >= 0.6 is 0 Å². The van der Waals surface area contributed by atoms with Crippen LogP contribution in [0.1, 0.15) is 87.1 Å². The fraction of sp³-hybridized carbons (Fsp3) is 0.439. The van der Waals surface area contributed by atoms with E-state index in [1.807, 2.05) is 0 Å². The molecule has 5 aromatic heterocycles. The lowest BCUT2D eigenvalue weighted by atomic mass is 9.97. The average Bonchev–Trinajstić information content (AvgIpc) is 1.71. The standard InChI is InChI=1S/C66H90N26O20/c1-3-30(2)53(64(110)90-45(17-50(69)95)59(105)82-39(65(111)112)9-6-10-76-66(70)71)92-62(108)47(19-52(98)99)89-58(104)43(15-35-24-75-29-81-35)86-61(107)46(18-51(96)97)88-55(101)40(11-31-20-77-38-8-5-4-7-36(31)38)84-63(109)48(25-93)91-60(106)44(16-49(68)94)87-57(103)42(14-34-23-74-28-80-34)85-56(102)41(13-33-22-73-27-79-33)83-54(100)37(67)12-32-21-72-26-78-32/h4-5,7-8,20-24,26-30,37,39-48,53,77,93H,3,6,9-19,25,67H2,1-2H3,(H2,68,94)(H2,69,95)(H,72,78)(H,73,79)(H,74,80)(H,75,81)(H,82,105)(H,83,100)(H,84,109)(H,85,102)(H,86,107)(H,87,103)(H,88,101)(H,89,104)(H,90,110)(H,91,106)(H,92,108)(H,96,97)(H,98,99)(H,111,112)(H4,70,71,76)/t30-,37-,39-,40-,41-,42-,43-,44-,45-,46-,47-,48-,53-/m0/s1. The van der Waals surface area contributed by atoms with Crippen molar-refractivity contribution in [2.45, 2.75) is 163 Å². The molecule has 112 heavy (non-hydrogen) atoms. The molecule has 30 N–H and O–H groups in total. The predicted octanol–water partition coefficient (Wildman–Crippen LogP) is -8.68. The molecule has 0 unspecified atom stereocenters. The molecule has 0 fully saturated rings. The monoisotopic (exact) mass is 1570 g/mol. The highest BCUT2D eigenvalue weighted by atomic mass is 16.4. The largest absolute Gasteiger partial charge is 0.481 e. The molecule has 0 saturated carbocycles. The van der Waals surface area contributed by atoms with Crippen molar-refractivity contribution >= 4 is 112 Å². The van der Waals surface area contributed by atoms with Gasteiger partial charge in [0.1, 0.15) is 66.5 Å². The van der Waals surface area contributed by atoms with E-state index in [0.29, 0.717) is 27.9 Å². The Labute approximate surface area is 634 Å². The van der Waals surface area contributed by atoms with Crippen LogP contribution in [0.25, 0.3) is 10.9 Å². The van der Waals surface area contributed by atoms with Gasteiger partial charge in [-0.1, -0.05) is 38.5 Å². The number of carbonyl (C=O) groups excluding carboxylic acids is 13. The molecule has 0 aliphatic rings. The van der Waals surface area contributed by atoms with Crippen LogP contribution in [0.2, 0.25) is 0 Å². The van der Waals surface area contributed by atoms with Gasteiger partial charge in [0.15, 0.2) is 5.96 Å². The minimum absolute atomic E-state index is 0.0220. The molecule has 46 heteroatoms. The van der Waals surface area contributed by atoms with Crippen molar-refractivity contribution in [3.8, 4) is 0 Å². The lowest BCUT2D eigenvalue weighted by Crippen LogP contribution is -2.62. The second-order valence-corrected chi connectivity index (χ2v) is 25.8. The molecule has 0 spiro atoms. The van der Waals surface area contributed by atoms with Crippen molar-refractivity contribution < 1.29 is 97.1 Å². The van der Waals surface area contributed by atoms with Crippen LogP contribution in [-0.4, -0.2) is 252 Å². The fourth-order valence-corrected chi connectivity index (χ4v) is 11.2. The first-order valence-electron chi connectivity index (χ1n) is 34.7. The Balaban J connectivity index is 1.22. The lowest BCUT2D eigenvalue weighted by Gasteiger charge is -2.29. The number of aromatic amines is 5. The summed E-state index contributed by atoms with van der Waals surface area (Å²) in [6.07, 6.45) is 5.93. The van der Waals surface area contributed by atoms with Gasteiger partial charge in [0.25, 0.3) is 0 Å². The van der Waals surface area contributed by atoms with Gasteiger partial charge in [-0.3, -0.25) is 77.3 Å². The maximum Gasteiger partial charge on any atom is 0.326 e. The zero-order chi connectivity index (χ0) is 82.3. The van der Waals surface area contributed by atoms with E-state index in [-0.39, 0.29) is 50.0 Å². The summed E-state index contributed by atoms with van der Waals surface area (Å²) in [5.74, 6) is -22.0. The summed E-state index contributed by atoms with van der Waals surface area (Å²) >= 11 is 0. The predicted molar refractivity (Wildman–Crippen MR) is 386 cm³/mol. The number of carbonyl (C=O) groups is 16. The number of aliphatic hydroxyl groups is 1. The smallest absolute Gasteiger partial charge is 0.326 e. The molecule has 6 rings (SSSR count). The third-order valence-corrected chi connectivity index (χ3v) is 17.2. The Kier molecular flexibility index (Phi) is 33.3. The van der Waals surface area contributed by atoms with Gasteiger partial charge in [0.05, 0.1) is 86.4 Å². The number of aliphatic hydroxyl groups excluding tert-OH is 1. The van der Waals surface area contributed by atoms with E-state index < -0.39 is 231 Å². The molecule has 1 aromatic carbocycles. The summed E-state index contributed by atoms with van der Waals surface area (Å²) in [6.45, 7) is 1.78. The van der Waals surface area contributed by atoms with Gasteiger partial charge in [-0.25, -0.2) is 24.7 Å². The second-order valence-electron chi connectivity index (χ2n) is 25.8. The first kappa shape index (κ1) is 87.2. The molecule has 0 aliphatic heterocycles. The van der Waals surface area contributed by atoms with E-state index in [1.165, 1.54) is 56.9 Å². The summed E-state index contributed by atoms with van der Waals surface area (Å²) in [5.41, 5.74) is 24.1. The van der Waals surface area contributed by atoms with Crippen LogP contribution in [0, 0.1) is 11.3 Å². The summed E-state index contributed by atoms with van der Waals surface area (Å²) < 4.78 is 0. The SMILES string of the molecule is CC[C@H](C)[C@H](NC(=O)[C@H](CC(=O)O)NC(=O)[C@H](Cc1c[nH]cn1)NC(=O)[C@H](CC(=O)O)NC(=O)[C@H](Cc1c[nH]c2ccccc12)NC(=O)[C@H](CO)NC(=O)[C@H](CC(N)=O)NC(=O)[C@H](Cc1c[nH]cn1)NC(=O)[C@H](Cc1c[nH]cn1)NC(=O)[C@@H](N)Cc1c[nH]cn1)C(=O)N[C@@H](CC(N)=O)C(=O)N[C@@H](CCCNC(=N)N)C(=O)O.